The van der Waals surface area contributed by atoms with Crippen molar-refractivity contribution in [2.75, 3.05) is 48.7 Å². The summed E-state index contributed by atoms with van der Waals surface area (Å²) in [5.74, 6) is 0.282. The predicted molar refractivity (Wildman–Crippen MR) is 133 cm³/mol. The summed E-state index contributed by atoms with van der Waals surface area (Å²) in [4.78, 5) is 22.0. The van der Waals surface area contributed by atoms with Crippen LogP contribution < -0.4 is 10.2 Å². The first-order valence-electron chi connectivity index (χ1n) is 11.1. The van der Waals surface area contributed by atoms with Gasteiger partial charge in [-0.3, -0.25) is 9.36 Å². The van der Waals surface area contributed by atoms with E-state index in [2.05, 4.69) is 65.1 Å². The summed E-state index contributed by atoms with van der Waals surface area (Å²) in [7, 11) is 0. The summed E-state index contributed by atoms with van der Waals surface area (Å²) in [6, 6.07) is 14.5. The van der Waals surface area contributed by atoms with Crippen molar-refractivity contribution in [3.05, 3.63) is 66.0 Å². The lowest BCUT2D eigenvalue weighted by Gasteiger charge is -2.35. The minimum Gasteiger partial charge on any atom is -0.369 e. The third-order valence-corrected chi connectivity index (χ3v) is 6.95. The molecule has 0 radical (unpaired) electrons. The van der Waals surface area contributed by atoms with E-state index in [1.807, 2.05) is 29.0 Å². The van der Waals surface area contributed by atoms with E-state index in [4.69, 9.17) is 0 Å². The SMILES string of the molecule is CCN1CCN(c2ccc(NC(=O)CSc3nccn3-c3ccccc3C)c(C)c2)CC1. The maximum atomic E-state index is 12.6. The average Bonchev–Trinajstić information content (AvgIpc) is 3.28. The summed E-state index contributed by atoms with van der Waals surface area (Å²) in [6.45, 7) is 11.7. The molecule has 1 amide bonds. The molecule has 0 atom stereocenters. The molecule has 0 saturated carbocycles. The zero-order valence-electron chi connectivity index (χ0n) is 19.0. The molecule has 2 aromatic carbocycles. The van der Waals surface area contributed by atoms with Gasteiger partial charge in [-0.15, -0.1) is 0 Å². The Morgan fingerprint density at radius 1 is 1.06 bits per heavy atom. The highest BCUT2D eigenvalue weighted by molar-refractivity contribution is 7.99. The van der Waals surface area contributed by atoms with Gasteiger partial charge in [-0.2, -0.15) is 0 Å². The van der Waals surface area contributed by atoms with Crippen molar-refractivity contribution in [1.29, 1.82) is 0 Å². The summed E-state index contributed by atoms with van der Waals surface area (Å²) >= 11 is 1.45. The van der Waals surface area contributed by atoms with Crippen LogP contribution in [0.5, 0.6) is 0 Å². The van der Waals surface area contributed by atoms with Gasteiger partial charge in [0.15, 0.2) is 5.16 Å². The number of nitrogens with zero attached hydrogens (tertiary/aromatic N) is 4. The number of hydrogen-bond acceptors (Lipinski definition) is 5. The zero-order valence-corrected chi connectivity index (χ0v) is 19.9. The number of para-hydroxylation sites is 1. The first-order chi connectivity index (χ1) is 15.5. The Kier molecular flexibility index (Phi) is 7.17. The van der Waals surface area contributed by atoms with Crippen LogP contribution in [0.25, 0.3) is 5.69 Å². The number of hydrogen-bond donors (Lipinski definition) is 1. The molecule has 1 aromatic heterocycles. The van der Waals surface area contributed by atoms with Crippen molar-refractivity contribution >= 4 is 29.0 Å². The topological polar surface area (TPSA) is 53.4 Å². The van der Waals surface area contributed by atoms with Crippen LogP contribution in [-0.2, 0) is 4.79 Å². The molecule has 168 valence electrons. The molecule has 32 heavy (non-hydrogen) atoms. The second kappa shape index (κ2) is 10.2. The first-order valence-corrected chi connectivity index (χ1v) is 12.1. The number of rotatable bonds is 7. The number of nitrogens with one attached hydrogen (secondary N) is 1. The Labute approximate surface area is 194 Å². The lowest BCUT2D eigenvalue weighted by atomic mass is 10.1. The van der Waals surface area contributed by atoms with E-state index in [0.29, 0.717) is 5.75 Å². The number of benzene rings is 2. The van der Waals surface area contributed by atoms with E-state index in [1.165, 1.54) is 23.0 Å². The molecule has 0 aliphatic carbocycles. The number of anilines is 2. The predicted octanol–water partition coefficient (Wildman–Crippen LogP) is 4.36. The van der Waals surface area contributed by atoms with Crippen LogP contribution in [0.2, 0.25) is 0 Å². The van der Waals surface area contributed by atoms with E-state index in [0.717, 1.165) is 54.8 Å². The number of carbonyl (C=O) groups excluding carboxylic acids is 1. The molecule has 4 rings (SSSR count). The van der Waals surface area contributed by atoms with Gasteiger partial charge in [0.25, 0.3) is 0 Å². The fourth-order valence-corrected chi connectivity index (χ4v) is 4.80. The lowest BCUT2D eigenvalue weighted by molar-refractivity contribution is -0.113. The third kappa shape index (κ3) is 5.16. The average molecular weight is 450 g/mol. The number of amides is 1. The van der Waals surface area contributed by atoms with Gasteiger partial charge in [0.1, 0.15) is 0 Å². The van der Waals surface area contributed by atoms with Crippen molar-refractivity contribution in [3.8, 4) is 5.69 Å². The molecule has 1 aliphatic heterocycles. The van der Waals surface area contributed by atoms with E-state index < -0.39 is 0 Å². The molecule has 2 heterocycles. The molecule has 1 saturated heterocycles. The van der Waals surface area contributed by atoms with Gasteiger partial charge in [-0.1, -0.05) is 36.9 Å². The van der Waals surface area contributed by atoms with Crippen LogP contribution in [0.15, 0.2) is 60.0 Å². The summed E-state index contributed by atoms with van der Waals surface area (Å²) in [6.07, 6.45) is 3.71. The minimum absolute atomic E-state index is 0.0262. The first kappa shape index (κ1) is 22.4. The van der Waals surface area contributed by atoms with Crippen LogP contribution >= 0.6 is 11.8 Å². The van der Waals surface area contributed by atoms with Crippen molar-refractivity contribution in [1.82, 2.24) is 14.5 Å². The minimum atomic E-state index is -0.0262. The largest absolute Gasteiger partial charge is 0.369 e. The summed E-state index contributed by atoms with van der Waals surface area (Å²) in [5, 5.41) is 3.88. The highest BCUT2D eigenvalue weighted by Gasteiger charge is 2.17. The maximum Gasteiger partial charge on any atom is 0.234 e. The lowest BCUT2D eigenvalue weighted by Crippen LogP contribution is -2.46. The second-order valence-corrected chi connectivity index (χ2v) is 9.07. The fourth-order valence-electron chi connectivity index (χ4n) is 4.04. The number of aryl methyl sites for hydroxylation is 2. The van der Waals surface area contributed by atoms with Crippen LogP contribution in [0, 0.1) is 13.8 Å². The number of likely N-dealkylation sites (N-methyl/N-ethyl adjacent to an activating group) is 1. The molecule has 0 bridgehead atoms. The van der Waals surface area contributed by atoms with Gasteiger partial charge in [-0.05, 0) is 55.8 Å². The molecule has 3 aromatic rings. The number of imidazole rings is 1. The Hall–Kier alpha value is -2.77. The molecular weight excluding hydrogens is 418 g/mol. The monoisotopic (exact) mass is 449 g/mol. The Morgan fingerprint density at radius 2 is 1.84 bits per heavy atom. The standard InChI is InChI=1S/C25H31N5OS/c1-4-28-13-15-29(16-14-28)21-9-10-22(20(3)17-21)27-24(31)18-32-25-26-11-12-30(25)23-8-6-5-7-19(23)2/h5-12,17H,4,13-16,18H2,1-3H3,(H,27,31). The zero-order chi connectivity index (χ0) is 22.5. The fraction of sp³-hybridized carbons (Fsp3) is 0.360. The maximum absolute atomic E-state index is 12.6. The molecule has 1 aliphatic rings. The van der Waals surface area contributed by atoms with Gasteiger partial charge in [-0.25, -0.2) is 4.98 Å². The Bertz CT molecular complexity index is 1070. The third-order valence-electron chi connectivity index (χ3n) is 5.98. The van der Waals surface area contributed by atoms with Gasteiger partial charge >= 0.3 is 0 Å². The van der Waals surface area contributed by atoms with Gasteiger partial charge in [0.05, 0.1) is 11.4 Å². The molecule has 7 heteroatoms. The Balaban J connectivity index is 1.35. The van der Waals surface area contributed by atoms with Gasteiger partial charge in [0.2, 0.25) is 5.91 Å². The van der Waals surface area contributed by atoms with Gasteiger partial charge < -0.3 is 15.1 Å². The van der Waals surface area contributed by atoms with E-state index >= 15 is 0 Å². The van der Waals surface area contributed by atoms with Crippen LogP contribution in [-0.4, -0.2) is 58.8 Å². The molecule has 0 unspecified atom stereocenters. The van der Waals surface area contributed by atoms with Crippen LogP contribution in [0.1, 0.15) is 18.1 Å². The number of aromatic nitrogens is 2. The molecule has 1 fully saturated rings. The highest BCUT2D eigenvalue weighted by Crippen LogP contribution is 2.25. The second-order valence-electron chi connectivity index (χ2n) is 8.12. The van der Waals surface area contributed by atoms with Crippen LogP contribution in [0.4, 0.5) is 11.4 Å². The molecule has 1 N–H and O–H groups in total. The molecular formula is C25H31N5OS. The number of piperazine rings is 1. The van der Waals surface area contributed by atoms with Gasteiger partial charge in [0, 0.05) is 49.9 Å². The number of thioether (sulfide) groups is 1. The van der Waals surface area contributed by atoms with Crippen LogP contribution in [0.3, 0.4) is 0 Å². The van der Waals surface area contributed by atoms with E-state index in [-0.39, 0.29) is 5.91 Å². The highest BCUT2D eigenvalue weighted by atomic mass is 32.2. The van der Waals surface area contributed by atoms with Crippen molar-refractivity contribution in [2.24, 2.45) is 0 Å². The number of carbonyl (C=O) groups is 1. The molecule has 0 spiro atoms. The smallest absolute Gasteiger partial charge is 0.234 e. The quantitative estimate of drug-likeness (QED) is 0.543. The van der Waals surface area contributed by atoms with Crippen molar-refractivity contribution in [2.45, 2.75) is 25.9 Å². The van der Waals surface area contributed by atoms with Crippen molar-refractivity contribution < 1.29 is 4.79 Å². The Morgan fingerprint density at radius 3 is 2.56 bits per heavy atom. The van der Waals surface area contributed by atoms with Crippen molar-refractivity contribution in [3.63, 3.8) is 0 Å². The van der Waals surface area contributed by atoms with E-state index in [9.17, 15) is 4.79 Å². The van der Waals surface area contributed by atoms with E-state index in [1.54, 1.807) is 6.20 Å². The normalized spacial score (nSPS) is 14.5. The summed E-state index contributed by atoms with van der Waals surface area (Å²) < 4.78 is 2.03. The summed E-state index contributed by atoms with van der Waals surface area (Å²) in [5.41, 5.74) is 5.43. The molecule has 6 nitrogen and oxygen atoms in total.